The molecule has 1 aromatic heterocycles. The van der Waals surface area contributed by atoms with Crippen LogP contribution < -0.4 is 5.32 Å². The molecule has 0 amide bonds. The quantitative estimate of drug-likeness (QED) is 0.839. The molecule has 1 fully saturated rings. The molecular formula is C15H26N2O2S. The number of hydrogen-bond donors (Lipinski definition) is 1. The molecule has 1 N–H and O–H groups in total. The van der Waals surface area contributed by atoms with E-state index in [1.54, 1.807) is 11.3 Å². The molecular weight excluding hydrogens is 272 g/mol. The lowest BCUT2D eigenvalue weighted by Gasteiger charge is -2.35. The van der Waals surface area contributed by atoms with Crippen molar-refractivity contribution in [2.24, 2.45) is 0 Å². The van der Waals surface area contributed by atoms with Gasteiger partial charge in [0.05, 0.1) is 0 Å². The Balaban J connectivity index is 2.12. The lowest BCUT2D eigenvalue weighted by molar-refractivity contribution is -0.112. The number of nitrogens with zero attached hydrogens (tertiary/aromatic N) is 1. The molecule has 1 aromatic rings. The lowest BCUT2D eigenvalue weighted by atomic mass is 9.95. The van der Waals surface area contributed by atoms with Crippen LogP contribution in [0.4, 0.5) is 0 Å². The van der Waals surface area contributed by atoms with Crippen molar-refractivity contribution in [3.05, 3.63) is 16.1 Å². The van der Waals surface area contributed by atoms with Crippen molar-refractivity contribution in [3.8, 4) is 0 Å². The van der Waals surface area contributed by atoms with Crippen molar-refractivity contribution >= 4 is 11.3 Å². The molecule has 0 aromatic carbocycles. The Hall–Kier alpha value is -0.490. The van der Waals surface area contributed by atoms with Gasteiger partial charge in [0.15, 0.2) is 0 Å². The SMILES string of the molecule is CCCNC(C)c1cnc(C2(OCC)CCOCC2)s1. The second-order valence-corrected chi connectivity index (χ2v) is 6.35. The first-order valence-electron chi connectivity index (χ1n) is 7.63. The molecule has 20 heavy (non-hydrogen) atoms. The molecule has 4 nitrogen and oxygen atoms in total. The molecule has 2 rings (SSSR count). The summed E-state index contributed by atoms with van der Waals surface area (Å²) in [6.45, 7) is 9.72. The maximum atomic E-state index is 6.08. The van der Waals surface area contributed by atoms with E-state index in [0.717, 1.165) is 50.6 Å². The van der Waals surface area contributed by atoms with E-state index in [9.17, 15) is 0 Å². The van der Waals surface area contributed by atoms with Crippen molar-refractivity contribution in [2.45, 2.75) is 51.7 Å². The van der Waals surface area contributed by atoms with Gasteiger partial charge >= 0.3 is 0 Å². The summed E-state index contributed by atoms with van der Waals surface area (Å²) in [4.78, 5) is 5.95. The molecule has 5 heteroatoms. The zero-order chi connectivity index (χ0) is 14.4. The van der Waals surface area contributed by atoms with E-state index in [1.807, 2.05) is 6.20 Å². The standard InChI is InChI=1S/C15H26N2O2S/c1-4-8-16-12(3)13-11-17-14(20-13)15(19-5-2)6-9-18-10-7-15/h11-12,16H,4-10H2,1-3H3. The van der Waals surface area contributed by atoms with Gasteiger partial charge in [0, 0.05) is 49.8 Å². The minimum absolute atomic E-state index is 0.222. The summed E-state index contributed by atoms with van der Waals surface area (Å²) >= 11 is 1.78. The molecule has 2 heterocycles. The molecule has 0 aliphatic carbocycles. The van der Waals surface area contributed by atoms with E-state index in [0.29, 0.717) is 6.04 Å². The van der Waals surface area contributed by atoms with Gasteiger partial charge in [-0.3, -0.25) is 0 Å². The van der Waals surface area contributed by atoms with Gasteiger partial charge in [0.2, 0.25) is 0 Å². The molecule has 1 saturated heterocycles. The van der Waals surface area contributed by atoms with E-state index >= 15 is 0 Å². The van der Waals surface area contributed by atoms with Gasteiger partial charge in [-0.1, -0.05) is 6.92 Å². The van der Waals surface area contributed by atoms with E-state index in [1.165, 1.54) is 4.88 Å². The summed E-state index contributed by atoms with van der Waals surface area (Å²) in [5.41, 5.74) is -0.222. The Kier molecular flexibility index (Phi) is 5.96. The van der Waals surface area contributed by atoms with Crippen LogP contribution in [-0.4, -0.2) is 31.3 Å². The molecule has 0 bridgehead atoms. The monoisotopic (exact) mass is 298 g/mol. The van der Waals surface area contributed by atoms with Gasteiger partial charge in [-0.25, -0.2) is 4.98 Å². The number of rotatable bonds is 7. The van der Waals surface area contributed by atoms with Crippen LogP contribution >= 0.6 is 11.3 Å². The molecule has 0 saturated carbocycles. The summed E-state index contributed by atoms with van der Waals surface area (Å²) in [7, 11) is 0. The van der Waals surface area contributed by atoms with Gasteiger partial charge in [-0.05, 0) is 26.8 Å². The first-order chi connectivity index (χ1) is 9.72. The molecule has 1 unspecified atom stereocenters. The highest BCUT2D eigenvalue weighted by atomic mass is 32.1. The Labute approximate surface area is 125 Å². The minimum atomic E-state index is -0.222. The van der Waals surface area contributed by atoms with E-state index in [2.05, 4.69) is 31.1 Å². The van der Waals surface area contributed by atoms with Crippen LogP contribution in [0.2, 0.25) is 0 Å². The number of aromatic nitrogens is 1. The largest absolute Gasteiger partial charge is 0.381 e. The zero-order valence-electron chi connectivity index (χ0n) is 12.8. The van der Waals surface area contributed by atoms with Crippen LogP contribution in [-0.2, 0) is 15.1 Å². The van der Waals surface area contributed by atoms with Crippen LogP contribution in [0.25, 0.3) is 0 Å². The van der Waals surface area contributed by atoms with E-state index in [-0.39, 0.29) is 5.60 Å². The molecule has 1 aliphatic rings. The van der Waals surface area contributed by atoms with Gasteiger partial charge in [-0.2, -0.15) is 0 Å². The van der Waals surface area contributed by atoms with Crippen LogP contribution in [0.3, 0.4) is 0 Å². The summed E-state index contributed by atoms with van der Waals surface area (Å²) in [5.74, 6) is 0. The van der Waals surface area contributed by atoms with Crippen molar-refractivity contribution in [1.82, 2.24) is 10.3 Å². The average Bonchev–Trinajstić information content (AvgIpc) is 2.96. The highest BCUT2D eigenvalue weighted by molar-refractivity contribution is 7.11. The third-order valence-electron chi connectivity index (χ3n) is 3.76. The van der Waals surface area contributed by atoms with Gasteiger partial charge in [0.25, 0.3) is 0 Å². The van der Waals surface area contributed by atoms with E-state index in [4.69, 9.17) is 9.47 Å². The third kappa shape index (κ3) is 3.58. The predicted octanol–water partition coefficient (Wildman–Crippen LogP) is 3.25. The fourth-order valence-corrected chi connectivity index (χ4v) is 3.70. The van der Waals surface area contributed by atoms with Crippen molar-refractivity contribution in [1.29, 1.82) is 0 Å². The molecule has 1 atom stereocenters. The summed E-state index contributed by atoms with van der Waals surface area (Å²) in [6.07, 6.45) is 4.97. The van der Waals surface area contributed by atoms with Gasteiger partial charge in [0.1, 0.15) is 10.6 Å². The van der Waals surface area contributed by atoms with Crippen LogP contribution in [0.15, 0.2) is 6.20 Å². The van der Waals surface area contributed by atoms with Gasteiger partial charge in [-0.15, -0.1) is 11.3 Å². The van der Waals surface area contributed by atoms with Crippen LogP contribution in [0, 0.1) is 0 Å². The molecule has 0 spiro atoms. The van der Waals surface area contributed by atoms with Crippen LogP contribution in [0.5, 0.6) is 0 Å². The topological polar surface area (TPSA) is 43.4 Å². The second kappa shape index (κ2) is 7.50. The Bertz CT molecular complexity index is 397. The highest BCUT2D eigenvalue weighted by Crippen LogP contribution is 2.39. The molecule has 1 aliphatic heterocycles. The summed E-state index contributed by atoms with van der Waals surface area (Å²) in [6, 6.07) is 0.361. The predicted molar refractivity (Wildman–Crippen MR) is 82.2 cm³/mol. The Morgan fingerprint density at radius 3 is 2.85 bits per heavy atom. The number of thiazole rings is 1. The van der Waals surface area contributed by atoms with Crippen LogP contribution in [0.1, 0.15) is 56.0 Å². The number of hydrogen-bond acceptors (Lipinski definition) is 5. The fourth-order valence-electron chi connectivity index (χ4n) is 2.56. The number of ether oxygens (including phenoxy) is 2. The van der Waals surface area contributed by atoms with E-state index < -0.39 is 0 Å². The highest BCUT2D eigenvalue weighted by Gasteiger charge is 2.38. The van der Waals surface area contributed by atoms with Crippen molar-refractivity contribution < 1.29 is 9.47 Å². The summed E-state index contributed by atoms with van der Waals surface area (Å²) in [5, 5.41) is 4.63. The first kappa shape index (κ1) is 15.9. The lowest BCUT2D eigenvalue weighted by Crippen LogP contribution is -2.36. The second-order valence-electron chi connectivity index (χ2n) is 5.28. The minimum Gasteiger partial charge on any atom is -0.381 e. The summed E-state index contributed by atoms with van der Waals surface area (Å²) < 4.78 is 11.6. The number of nitrogens with one attached hydrogen (secondary N) is 1. The smallest absolute Gasteiger partial charge is 0.125 e. The fraction of sp³-hybridized carbons (Fsp3) is 0.800. The molecule has 0 radical (unpaired) electrons. The van der Waals surface area contributed by atoms with Gasteiger partial charge < -0.3 is 14.8 Å². The maximum Gasteiger partial charge on any atom is 0.125 e. The molecule has 114 valence electrons. The first-order valence-corrected chi connectivity index (χ1v) is 8.44. The zero-order valence-corrected chi connectivity index (χ0v) is 13.6. The Morgan fingerprint density at radius 2 is 2.20 bits per heavy atom. The Morgan fingerprint density at radius 1 is 1.45 bits per heavy atom. The maximum absolute atomic E-state index is 6.08. The average molecular weight is 298 g/mol. The van der Waals surface area contributed by atoms with Crippen molar-refractivity contribution in [3.63, 3.8) is 0 Å². The normalized spacial score (nSPS) is 19.9. The third-order valence-corrected chi connectivity index (χ3v) is 5.13. The van der Waals surface area contributed by atoms with Crippen molar-refractivity contribution in [2.75, 3.05) is 26.4 Å².